The van der Waals surface area contributed by atoms with E-state index in [0.717, 1.165) is 0 Å². The van der Waals surface area contributed by atoms with E-state index in [1.807, 2.05) is 41.5 Å². The molecule has 1 aromatic heterocycles. The van der Waals surface area contributed by atoms with Crippen LogP contribution in [-0.4, -0.2) is 18.2 Å². The summed E-state index contributed by atoms with van der Waals surface area (Å²) in [6, 6.07) is 7.43. The number of pyridine rings is 1. The van der Waals surface area contributed by atoms with Crippen LogP contribution in [0, 0.1) is 12.7 Å². The monoisotopic (exact) mass is 412 g/mol. The van der Waals surface area contributed by atoms with Crippen LogP contribution in [0.4, 0.5) is 17.6 Å². The lowest BCUT2D eigenvalue weighted by atomic mass is 9.92. The Morgan fingerprint density at radius 2 is 1.55 bits per heavy atom. The minimum Gasteiger partial charge on any atom is -0.311 e. The highest BCUT2D eigenvalue weighted by Crippen LogP contribution is 2.35. The number of aromatic nitrogens is 1. The van der Waals surface area contributed by atoms with Gasteiger partial charge in [-0.3, -0.25) is 0 Å². The van der Waals surface area contributed by atoms with Gasteiger partial charge in [0, 0.05) is 11.1 Å². The highest BCUT2D eigenvalue weighted by molar-refractivity contribution is 5.70. The molecule has 6 heteroatoms. The number of allylic oxidation sites excluding steroid dienone is 1. The average Bonchev–Trinajstić information content (AvgIpc) is 2.71. The van der Waals surface area contributed by atoms with Crippen LogP contribution in [0.5, 0.6) is 0 Å². The molecule has 0 atom stereocenters. The molecule has 0 aliphatic rings. The molecule has 0 bridgehead atoms. The average molecular weight is 413 g/mol. The van der Waals surface area contributed by atoms with Gasteiger partial charge in [0.15, 0.2) is 0 Å². The maximum atomic E-state index is 13.5. The lowest BCUT2D eigenvalue weighted by Crippen LogP contribution is -2.33. The van der Waals surface area contributed by atoms with Gasteiger partial charge in [-0.05, 0) is 69.3 Å². The number of nitrogens with one attached hydrogen (secondary N) is 1. The number of rotatable bonds is 4. The van der Waals surface area contributed by atoms with Crippen LogP contribution >= 0.6 is 0 Å². The van der Waals surface area contributed by atoms with Crippen molar-refractivity contribution in [3.05, 3.63) is 59.5 Å². The van der Waals surface area contributed by atoms with Gasteiger partial charge in [0.05, 0.1) is 17.0 Å². The van der Waals surface area contributed by atoms with Crippen molar-refractivity contribution in [3.63, 3.8) is 0 Å². The second-order valence-electron chi connectivity index (χ2n) is 6.44. The summed E-state index contributed by atoms with van der Waals surface area (Å²) < 4.78 is 52.8. The van der Waals surface area contributed by atoms with Crippen molar-refractivity contribution in [1.29, 1.82) is 0 Å². The van der Waals surface area contributed by atoms with Gasteiger partial charge >= 0.3 is 6.18 Å². The SMILES string of the molecule is C=C(c1cc(C(C)(C)NC)cc(-c2ccc(F)c(C)c2)n1)C(F)(F)F.CC.CC. The molecular weight excluding hydrogens is 380 g/mol. The van der Waals surface area contributed by atoms with Crippen LogP contribution < -0.4 is 5.32 Å². The first-order chi connectivity index (χ1) is 13.5. The van der Waals surface area contributed by atoms with E-state index in [1.165, 1.54) is 18.2 Å². The highest BCUT2D eigenvalue weighted by Gasteiger charge is 2.35. The zero-order valence-electron chi connectivity index (χ0n) is 18.6. The predicted octanol–water partition coefficient (Wildman–Crippen LogP) is 7.28. The standard InChI is InChI=1S/C19H20F4N2.2C2H6/c1-11-8-13(6-7-15(11)20)17-10-14(18(3,4)24-5)9-16(25-17)12(2)19(21,22)23;2*1-2/h6-10,24H,2H2,1,3-5H3;2*1-2H3. The molecule has 0 aliphatic carbocycles. The molecule has 1 heterocycles. The number of alkyl halides is 3. The van der Waals surface area contributed by atoms with Gasteiger partial charge in [-0.2, -0.15) is 13.2 Å². The molecule has 0 unspecified atom stereocenters. The van der Waals surface area contributed by atoms with E-state index < -0.39 is 17.3 Å². The lowest BCUT2D eigenvalue weighted by molar-refractivity contribution is -0.0689. The summed E-state index contributed by atoms with van der Waals surface area (Å²) >= 11 is 0. The summed E-state index contributed by atoms with van der Waals surface area (Å²) in [6.45, 7) is 16.4. The number of hydrogen-bond acceptors (Lipinski definition) is 2. The summed E-state index contributed by atoms with van der Waals surface area (Å²) in [5.41, 5.74) is 0.0731. The van der Waals surface area contributed by atoms with Gasteiger partial charge < -0.3 is 5.32 Å². The third-order valence-electron chi connectivity index (χ3n) is 4.28. The molecule has 0 aliphatic heterocycles. The lowest BCUT2D eigenvalue weighted by Gasteiger charge is -2.26. The zero-order chi connectivity index (χ0) is 23.0. The number of halogens is 4. The summed E-state index contributed by atoms with van der Waals surface area (Å²) in [7, 11) is 1.72. The van der Waals surface area contributed by atoms with Gasteiger partial charge in [-0.15, -0.1) is 0 Å². The molecule has 162 valence electrons. The Morgan fingerprint density at radius 1 is 1.00 bits per heavy atom. The second kappa shape index (κ2) is 11.1. The van der Waals surface area contributed by atoms with Crippen molar-refractivity contribution >= 4 is 5.57 Å². The van der Waals surface area contributed by atoms with Crippen molar-refractivity contribution in [2.45, 2.75) is 60.2 Å². The first-order valence-corrected chi connectivity index (χ1v) is 9.70. The van der Waals surface area contributed by atoms with E-state index in [9.17, 15) is 17.6 Å². The topological polar surface area (TPSA) is 24.9 Å². The molecule has 2 nitrogen and oxygen atoms in total. The summed E-state index contributed by atoms with van der Waals surface area (Å²) in [5, 5.41) is 3.06. The van der Waals surface area contributed by atoms with Crippen LogP contribution in [0.3, 0.4) is 0 Å². The molecule has 1 aromatic carbocycles. The fraction of sp³-hybridized carbons (Fsp3) is 0.435. The number of hydrogen-bond donors (Lipinski definition) is 1. The third kappa shape index (κ3) is 6.96. The highest BCUT2D eigenvalue weighted by atomic mass is 19.4. The van der Waals surface area contributed by atoms with E-state index in [2.05, 4.69) is 16.9 Å². The number of aryl methyl sites for hydroxylation is 1. The summed E-state index contributed by atoms with van der Waals surface area (Å²) in [4.78, 5) is 4.12. The van der Waals surface area contributed by atoms with Crippen LogP contribution in [0.2, 0.25) is 0 Å². The molecule has 1 N–H and O–H groups in total. The van der Waals surface area contributed by atoms with E-state index in [4.69, 9.17) is 0 Å². The van der Waals surface area contributed by atoms with E-state index >= 15 is 0 Å². The molecule has 0 saturated heterocycles. The van der Waals surface area contributed by atoms with Crippen LogP contribution in [0.25, 0.3) is 16.8 Å². The van der Waals surface area contributed by atoms with Crippen LogP contribution in [-0.2, 0) is 5.54 Å². The van der Waals surface area contributed by atoms with Crippen molar-refractivity contribution in [2.75, 3.05) is 7.05 Å². The van der Waals surface area contributed by atoms with Gasteiger partial charge in [0.2, 0.25) is 0 Å². The summed E-state index contributed by atoms with van der Waals surface area (Å²) in [5.74, 6) is -0.379. The van der Waals surface area contributed by atoms with Crippen molar-refractivity contribution < 1.29 is 17.6 Å². The molecule has 2 rings (SSSR count). The van der Waals surface area contributed by atoms with Gasteiger partial charge in [-0.1, -0.05) is 34.3 Å². The Labute approximate surface area is 172 Å². The van der Waals surface area contributed by atoms with Crippen molar-refractivity contribution in [3.8, 4) is 11.3 Å². The van der Waals surface area contributed by atoms with Gasteiger partial charge in [-0.25, -0.2) is 9.37 Å². The number of nitrogens with zero attached hydrogens (tertiary/aromatic N) is 1. The maximum absolute atomic E-state index is 13.5. The second-order valence-corrected chi connectivity index (χ2v) is 6.44. The van der Waals surface area contributed by atoms with Crippen molar-refractivity contribution in [1.82, 2.24) is 10.3 Å². The number of benzene rings is 1. The van der Waals surface area contributed by atoms with Crippen LogP contribution in [0.1, 0.15) is 58.4 Å². The Bertz CT molecular complexity index is 809. The van der Waals surface area contributed by atoms with E-state index in [1.54, 1.807) is 26.1 Å². The van der Waals surface area contributed by atoms with Gasteiger partial charge in [0.1, 0.15) is 5.82 Å². The molecule has 0 fully saturated rings. The molecule has 0 saturated carbocycles. The van der Waals surface area contributed by atoms with E-state index in [0.29, 0.717) is 22.4 Å². The molecule has 2 aromatic rings. The predicted molar refractivity (Wildman–Crippen MR) is 114 cm³/mol. The van der Waals surface area contributed by atoms with Crippen LogP contribution in [0.15, 0.2) is 36.9 Å². The fourth-order valence-corrected chi connectivity index (χ4v) is 2.29. The smallest absolute Gasteiger partial charge is 0.311 e. The Kier molecular flexibility index (Phi) is 10.3. The quantitative estimate of drug-likeness (QED) is 0.534. The largest absolute Gasteiger partial charge is 0.417 e. The van der Waals surface area contributed by atoms with Gasteiger partial charge in [0.25, 0.3) is 0 Å². The zero-order valence-corrected chi connectivity index (χ0v) is 18.6. The van der Waals surface area contributed by atoms with Crippen molar-refractivity contribution in [2.24, 2.45) is 0 Å². The molecule has 0 radical (unpaired) electrons. The minimum atomic E-state index is -4.58. The molecule has 0 amide bonds. The van der Waals surface area contributed by atoms with E-state index in [-0.39, 0.29) is 11.5 Å². The molecular formula is C23H32F4N2. The first-order valence-electron chi connectivity index (χ1n) is 9.70. The minimum absolute atomic E-state index is 0.245. The Morgan fingerprint density at radius 3 is 2.00 bits per heavy atom. The normalized spacial score (nSPS) is 11.0. The Hall–Kier alpha value is -2.21. The molecule has 29 heavy (non-hydrogen) atoms. The Balaban J connectivity index is 0.00000184. The fourth-order valence-electron chi connectivity index (χ4n) is 2.29. The molecule has 0 spiro atoms. The first kappa shape index (κ1) is 26.8. The maximum Gasteiger partial charge on any atom is 0.417 e. The third-order valence-corrected chi connectivity index (χ3v) is 4.28. The summed E-state index contributed by atoms with van der Waals surface area (Å²) in [6.07, 6.45) is -4.58.